The van der Waals surface area contributed by atoms with Crippen molar-refractivity contribution in [1.29, 1.82) is 0 Å². The molecule has 0 aliphatic carbocycles. The first-order valence-corrected chi connectivity index (χ1v) is 3.58. The summed E-state index contributed by atoms with van der Waals surface area (Å²) in [5, 5.41) is 8.37. The van der Waals surface area contributed by atoms with Gasteiger partial charge in [0.05, 0.1) is 0 Å². The van der Waals surface area contributed by atoms with Gasteiger partial charge < -0.3 is 0 Å². The van der Waals surface area contributed by atoms with Gasteiger partial charge in [-0.2, -0.15) is 0 Å². The lowest BCUT2D eigenvalue weighted by atomic mass is 9.94. The fourth-order valence-corrected chi connectivity index (χ4v) is 1.30. The SMILES string of the molecule is CC1C=NC(C)(C(=O)NO)C1. The van der Waals surface area contributed by atoms with Crippen LogP contribution in [0.3, 0.4) is 0 Å². The van der Waals surface area contributed by atoms with Crippen molar-refractivity contribution >= 4 is 12.1 Å². The fraction of sp³-hybridized carbons (Fsp3) is 0.714. The Morgan fingerprint density at radius 2 is 2.55 bits per heavy atom. The van der Waals surface area contributed by atoms with Gasteiger partial charge in [0.2, 0.25) is 0 Å². The standard InChI is InChI=1S/C7H12N2O2/c1-5-3-7(2,8-4-5)6(10)9-11/h4-5,11H,3H2,1-2H3,(H,9,10). The monoisotopic (exact) mass is 156 g/mol. The molecule has 1 rings (SSSR count). The molecular weight excluding hydrogens is 144 g/mol. The molecule has 0 saturated carbocycles. The van der Waals surface area contributed by atoms with Gasteiger partial charge in [0, 0.05) is 6.21 Å². The highest BCUT2D eigenvalue weighted by Gasteiger charge is 2.36. The van der Waals surface area contributed by atoms with E-state index in [0.717, 1.165) is 0 Å². The molecule has 1 aliphatic rings. The third kappa shape index (κ3) is 1.40. The smallest absolute Gasteiger partial charge is 0.270 e. The average molecular weight is 156 g/mol. The summed E-state index contributed by atoms with van der Waals surface area (Å²) in [5.41, 5.74) is 0.859. The second kappa shape index (κ2) is 2.62. The summed E-state index contributed by atoms with van der Waals surface area (Å²) < 4.78 is 0. The van der Waals surface area contributed by atoms with Crippen molar-refractivity contribution in [3.05, 3.63) is 0 Å². The Bertz CT molecular complexity index is 203. The van der Waals surface area contributed by atoms with Crippen LogP contribution in [-0.4, -0.2) is 22.9 Å². The Hall–Kier alpha value is -0.900. The number of carbonyl (C=O) groups is 1. The zero-order valence-electron chi connectivity index (χ0n) is 6.66. The molecule has 4 heteroatoms. The van der Waals surface area contributed by atoms with Crippen molar-refractivity contribution in [2.75, 3.05) is 0 Å². The van der Waals surface area contributed by atoms with E-state index in [4.69, 9.17) is 5.21 Å². The summed E-state index contributed by atoms with van der Waals surface area (Å²) in [6, 6.07) is 0. The Kier molecular flexibility index (Phi) is 1.95. The zero-order valence-corrected chi connectivity index (χ0v) is 6.66. The van der Waals surface area contributed by atoms with Crippen LogP contribution in [0.1, 0.15) is 20.3 Å². The highest BCUT2D eigenvalue weighted by molar-refractivity contribution is 5.88. The lowest BCUT2D eigenvalue weighted by Crippen LogP contribution is -2.40. The predicted molar refractivity (Wildman–Crippen MR) is 40.6 cm³/mol. The third-order valence-corrected chi connectivity index (χ3v) is 1.92. The molecule has 0 aromatic carbocycles. The van der Waals surface area contributed by atoms with E-state index in [1.54, 1.807) is 18.6 Å². The van der Waals surface area contributed by atoms with Crippen LogP contribution in [0.15, 0.2) is 4.99 Å². The van der Waals surface area contributed by atoms with Gasteiger partial charge in [-0.15, -0.1) is 0 Å². The number of rotatable bonds is 1. The van der Waals surface area contributed by atoms with E-state index in [-0.39, 0.29) is 0 Å². The maximum atomic E-state index is 11.0. The molecule has 0 aromatic rings. The van der Waals surface area contributed by atoms with Crippen molar-refractivity contribution in [2.24, 2.45) is 10.9 Å². The minimum Gasteiger partial charge on any atom is -0.289 e. The van der Waals surface area contributed by atoms with Crippen LogP contribution >= 0.6 is 0 Å². The first-order valence-electron chi connectivity index (χ1n) is 3.58. The van der Waals surface area contributed by atoms with Crippen LogP contribution < -0.4 is 5.48 Å². The average Bonchev–Trinajstić information content (AvgIpc) is 2.31. The van der Waals surface area contributed by atoms with Gasteiger partial charge in [0.1, 0.15) is 5.54 Å². The number of hydroxylamine groups is 1. The number of nitrogens with one attached hydrogen (secondary N) is 1. The number of amides is 1. The number of hydrogen-bond acceptors (Lipinski definition) is 3. The molecule has 4 nitrogen and oxygen atoms in total. The van der Waals surface area contributed by atoms with E-state index in [2.05, 4.69) is 4.99 Å². The molecule has 1 amide bonds. The second-order valence-electron chi connectivity index (χ2n) is 3.17. The van der Waals surface area contributed by atoms with Crippen molar-refractivity contribution < 1.29 is 10.0 Å². The summed E-state index contributed by atoms with van der Waals surface area (Å²) in [6.45, 7) is 3.69. The number of aliphatic imine (C=N–C) groups is 1. The Morgan fingerprint density at radius 1 is 1.91 bits per heavy atom. The molecule has 2 unspecified atom stereocenters. The van der Waals surface area contributed by atoms with Crippen LogP contribution in [0, 0.1) is 5.92 Å². The Balaban J connectivity index is 2.71. The summed E-state index contributed by atoms with van der Waals surface area (Å²) in [5.74, 6) is -0.115. The molecule has 0 radical (unpaired) electrons. The van der Waals surface area contributed by atoms with E-state index >= 15 is 0 Å². The largest absolute Gasteiger partial charge is 0.289 e. The van der Waals surface area contributed by atoms with Gasteiger partial charge in [0.25, 0.3) is 5.91 Å². The van der Waals surface area contributed by atoms with Crippen molar-refractivity contribution in [3.8, 4) is 0 Å². The summed E-state index contributed by atoms with van der Waals surface area (Å²) >= 11 is 0. The van der Waals surface area contributed by atoms with Gasteiger partial charge in [-0.05, 0) is 19.3 Å². The quantitative estimate of drug-likeness (QED) is 0.425. The fourth-order valence-electron chi connectivity index (χ4n) is 1.30. The molecule has 0 saturated heterocycles. The van der Waals surface area contributed by atoms with Gasteiger partial charge in [-0.1, -0.05) is 6.92 Å². The van der Waals surface area contributed by atoms with E-state index in [0.29, 0.717) is 12.3 Å². The molecule has 0 aromatic heterocycles. The van der Waals surface area contributed by atoms with Gasteiger partial charge in [0.15, 0.2) is 0 Å². The lowest BCUT2D eigenvalue weighted by Gasteiger charge is -2.17. The lowest BCUT2D eigenvalue weighted by molar-refractivity contribution is -0.134. The summed E-state index contributed by atoms with van der Waals surface area (Å²) in [6.07, 6.45) is 2.41. The Morgan fingerprint density at radius 3 is 2.91 bits per heavy atom. The second-order valence-corrected chi connectivity index (χ2v) is 3.17. The van der Waals surface area contributed by atoms with Crippen LogP contribution in [0.5, 0.6) is 0 Å². The summed E-state index contributed by atoms with van der Waals surface area (Å²) in [7, 11) is 0. The van der Waals surface area contributed by atoms with E-state index in [9.17, 15) is 4.79 Å². The number of hydrogen-bond donors (Lipinski definition) is 2. The number of nitrogens with zero attached hydrogens (tertiary/aromatic N) is 1. The maximum Gasteiger partial charge on any atom is 0.270 e. The van der Waals surface area contributed by atoms with Crippen molar-refractivity contribution in [3.63, 3.8) is 0 Å². The number of carbonyl (C=O) groups excluding carboxylic acids is 1. The minimum absolute atomic E-state index is 0.317. The molecule has 62 valence electrons. The summed E-state index contributed by atoms with van der Waals surface area (Å²) in [4.78, 5) is 15.0. The van der Waals surface area contributed by atoms with Crippen molar-refractivity contribution in [1.82, 2.24) is 5.48 Å². The van der Waals surface area contributed by atoms with Crippen LogP contribution in [0.2, 0.25) is 0 Å². The van der Waals surface area contributed by atoms with E-state index in [1.807, 2.05) is 6.92 Å². The molecule has 0 fully saturated rings. The zero-order chi connectivity index (χ0) is 8.48. The van der Waals surface area contributed by atoms with Gasteiger partial charge in [-0.25, -0.2) is 5.48 Å². The molecule has 2 atom stereocenters. The van der Waals surface area contributed by atoms with Gasteiger partial charge in [-0.3, -0.25) is 15.0 Å². The Labute approximate surface area is 65.3 Å². The predicted octanol–water partition coefficient (Wildman–Crippen LogP) is 0.361. The highest BCUT2D eigenvalue weighted by atomic mass is 16.5. The normalized spacial score (nSPS) is 35.7. The molecule has 1 aliphatic heterocycles. The minimum atomic E-state index is -0.756. The molecule has 2 N–H and O–H groups in total. The van der Waals surface area contributed by atoms with Crippen LogP contribution in [0.4, 0.5) is 0 Å². The molecular formula is C7H12N2O2. The first-order chi connectivity index (χ1) is 5.08. The van der Waals surface area contributed by atoms with Gasteiger partial charge >= 0.3 is 0 Å². The molecule has 1 heterocycles. The highest BCUT2D eigenvalue weighted by Crippen LogP contribution is 2.25. The molecule has 11 heavy (non-hydrogen) atoms. The molecule has 0 spiro atoms. The van der Waals surface area contributed by atoms with Crippen molar-refractivity contribution in [2.45, 2.75) is 25.8 Å². The topological polar surface area (TPSA) is 61.7 Å². The third-order valence-electron chi connectivity index (χ3n) is 1.92. The van der Waals surface area contributed by atoms with Crippen LogP contribution in [-0.2, 0) is 4.79 Å². The van der Waals surface area contributed by atoms with E-state index < -0.39 is 11.4 Å². The first kappa shape index (κ1) is 8.20. The maximum absolute atomic E-state index is 11.0. The van der Waals surface area contributed by atoms with Crippen LogP contribution in [0.25, 0.3) is 0 Å². The van der Waals surface area contributed by atoms with E-state index in [1.165, 1.54) is 0 Å². The molecule has 0 bridgehead atoms.